The van der Waals surface area contributed by atoms with Crippen molar-refractivity contribution < 1.29 is 18.3 Å². The van der Waals surface area contributed by atoms with Crippen LogP contribution >= 0.6 is 12.4 Å². The van der Waals surface area contributed by atoms with E-state index in [1.807, 2.05) is 0 Å². The average Bonchev–Trinajstić information content (AvgIpc) is 3.06. The molecule has 0 spiro atoms. The molecule has 2 heterocycles. The molecule has 2 atom stereocenters. The molecular formula is C18H28ClN3O4S. The molecule has 9 heteroatoms. The van der Waals surface area contributed by atoms with Crippen LogP contribution in [0.4, 0.5) is 0 Å². The van der Waals surface area contributed by atoms with Crippen molar-refractivity contribution in [3.05, 3.63) is 29.8 Å². The summed E-state index contributed by atoms with van der Waals surface area (Å²) < 4.78 is 26.8. The molecule has 27 heavy (non-hydrogen) atoms. The fourth-order valence-electron chi connectivity index (χ4n) is 3.45. The van der Waals surface area contributed by atoms with Gasteiger partial charge in [0.05, 0.1) is 17.4 Å². The number of nitrogens with zero attached hydrogens (tertiary/aromatic N) is 1. The number of aliphatic hydroxyl groups excluding tert-OH is 1. The van der Waals surface area contributed by atoms with Crippen LogP contribution in [0.2, 0.25) is 0 Å². The summed E-state index contributed by atoms with van der Waals surface area (Å²) in [4.78, 5) is 12.3. The number of carbonyl (C=O) groups is 1. The van der Waals surface area contributed by atoms with E-state index in [0.717, 1.165) is 24.8 Å². The van der Waals surface area contributed by atoms with Gasteiger partial charge in [0, 0.05) is 38.6 Å². The number of β-amino-alcohol motifs (C(OH)–C–C–N with tert-alkyl or cyclic N) is 1. The second-order valence-electron chi connectivity index (χ2n) is 7.08. The third-order valence-electron chi connectivity index (χ3n) is 5.11. The summed E-state index contributed by atoms with van der Waals surface area (Å²) in [5, 5.41) is 15.6. The zero-order chi connectivity index (χ0) is 18.6. The molecule has 1 aromatic carbocycles. The van der Waals surface area contributed by atoms with E-state index in [2.05, 4.69) is 10.6 Å². The summed E-state index contributed by atoms with van der Waals surface area (Å²) in [5.41, 5.74) is 0.769. The van der Waals surface area contributed by atoms with E-state index in [9.17, 15) is 18.3 Å². The van der Waals surface area contributed by atoms with Gasteiger partial charge in [0.25, 0.3) is 0 Å². The number of hydrogen-bond acceptors (Lipinski definition) is 5. The van der Waals surface area contributed by atoms with E-state index in [1.165, 1.54) is 0 Å². The molecule has 2 unspecified atom stereocenters. The number of nitrogens with one attached hydrogen (secondary N) is 2. The lowest BCUT2D eigenvalue weighted by Crippen LogP contribution is -2.35. The van der Waals surface area contributed by atoms with Crippen molar-refractivity contribution in [2.24, 2.45) is 5.92 Å². The van der Waals surface area contributed by atoms with Crippen LogP contribution in [0.15, 0.2) is 29.2 Å². The Kier molecular flexibility index (Phi) is 8.05. The smallest absolute Gasteiger partial charge is 0.243 e. The molecular weight excluding hydrogens is 390 g/mol. The van der Waals surface area contributed by atoms with Crippen molar-refractivity contribution in [1.82, 2.24) is 14.9 Å². The minimum atomic E-state index is -3.44. The summed E-state index contributed by atoms with van der Waals surface area (Å²) in [5.74, 6) is -0.0910. The number of sulfonamides is 1. The van der Waals surface area contributed by atoms with Gasteiger partial charge in [-0.25, -0.2) is 8.42 Å². The summed E-state index contributed by atoms with van der Waals surface area (Å²) in [6, 6.07) is 6.55. The van der Waals surface area contributed by atoms with Gasteiger partial charge in [-0.15, -0.1) is 12.4 Å². The van der Waals surface area contributed by atoms with Crippen molar-refractivity contribution in [3.63, 3.8) is 0 Å². The summed E-state index contributed by atoms with van der Waals surface area (Å²) in [7, 11) is -3.44. The third kappa shape index (κ3) is 5.65. The number of halogens is 1. The predicted octanol–water partition coefficient (Wildman–Crippen LogP) is 0.522. The molecule has 2 aliphatic rings. The summed E-state index contributed by atoms with van der Waals surface area (Å²) in [6.07, 6.45) is 2.66. The largest absolute Gasteiger partial charge is 0.391 e. The number of benzene rings is 1. The lowest BCUT2D eigenvalue weighted by Gasteiger charge is -2.25. The van der Waals surface area contributed by atoms with Crippen LogP contribution in [0, 0.1) is 5.92 Å². The molecule has 3 N–H and O–H groups in total. The summed E-state index contributed by atoms with van der Waals surface area (Å²) >= 11 is 0. The van der Waals surface area contributed by atoms with Gasteiger partial charge in [-0.05, 0) is 30.5 Å². The van der Waals surface area contributed by atoms with Crippen molar-refractivity contribution in [3.8, 4) is 0 Å². The van der Waals surface area contributed by atoms with Gasteiger partial charge < -0.3 is 15.7 Å². The van der Waals surface area contributed by atoms with Gasteiger partial charge in [0.2, 0.25) is 15.9 Å². The third-order valence-corrected chi connectivity index (χ3v) is 7.02. The van der Waals surface area contributed by atoms with Crippen LogP contribution in [0.1, 0.15) is 24.8 Å². The Hall–Kier alpha value is -1.19. The molecule has 0 radical (unpaired) electrons. The number of carbonyl (C=O) groups excluding carboxylic acids is 1. The van der Waals surface area contributed by atoms with Crippen molar-refractivity contribution in [2.75, 3.05) is 32.7 Å². The molecule has 0 bridgehead atoms. The minimum absolute atomic E-state index is 0. The average molecular weight is 418 g/mol. The highest BCUT2D eigenvalue weighted by Gasteiger charge is 2.26. The molecule has 7 nitrogen and oxygen atoms in total. The Labute approximate surface area is 167 Å². The highest BCUT2D eigenvalue weighted by atomic mass is 35.5. The molecule has 1 aromatic rings. The van der Waals surface area contributed by atoms with Crippen LogP contribution in [0.3, 0.4) is 0 Å². The summed E-state index contributed by atoms with van der Waals surface area (Å²) in [6.45, 7) is 2.86. The molecule has 2 fully saturated rings. The molecule has 0 aromatic heterocycles. The number of aliphatic hydroxyl groups is 1. The van der Waals surface area contributed by atoms with Crippen LogP contribution in [-0.4, -0.2) is 62.6 Å². The first-order valence-corrected chi connectivity index (χ1v) is 10.7. The monoisotopic (exact) mass is 417 g/mol. The predicted molar refractivity (Wildman–Crippen MR) is 105 cm³/mol. The molecule has 0 saturated carbocycles. The molecule has 3 rings (SSSR count). The van der Waals surface area contributed by atoms with E-state index < -0.39 is 16.1 Å². The first kappa shape index (κ1) is 22.1. The minimum Gasteiger partial charge on any atom is -0.391 e. The van der Waals surface area contributed by atoms with Crippen LogP contribution in [0.5, 0.6) is 0 Å². The lowest BCUT2D eigenvalue weighted by molar-refractivity contribution is -0.120. The second-order valence-corrected chi connectivity index (χ2v) is 9.01. The van der Waals surface area contributed by atoms with E-state index in [1.54, 1.807) is 28.6 Å². The van der Waals surface area contributed by atoms with E-state index in [4.69, 9.17) is 0 Å². The van der Waals surface area contributed by atoms with Gasteiger partial charge in [0.1, 0.15) is 0 Å². The second kappa shape index (κ2) is 9.84. The topological polar surface area (TPSA) is 98.7 Å². The molecule has 152 valence electrons. The van der Waals surface area contributed by atoms with Crippen LogP contribution < -0.4 is 10.6 Å². The fraction of sp³-hybridized carbons (Fsp3) is 0.611. The highest BCUT2D eigenvalue weighted by molar-refractivity contribution is 7.89. The zero-order valence-corrected chi connectivity index (χ0v) is 16.9. The Morgan fingerprint density at radius 3 is 2.41 bits per heavy atom. The Bertz CT molecular complexity index is 721. The lowest BCUT2D eigenvalue weighted by atomic mass is 10.1. The Morgan fingerprint density at radius 2 is 1.81 bits per heavy atom. The fourth-order valence-corrected chi connectivity index (χ4v) is 4.97. The van der Waals surface area contributed by atoms with E-state index in [0.29, 0.717) is 32.7 Å². The van der Waals surface area contributed by atoms with Gasteiger partial charge in [-0.2, -0.15) is 4.31 Å². The maximum absolute atomic E-state index is 12.6. The Morgan fingerprint density at radius 1 is 1.15 bits per heavy atom. The zero-order valence-electron chi connectivity index (χ0n) is 15.3. The molecule has 0 aliphatic carbocycles. The van der Waals surface area contributed by atoms with Gasteiger partial charge in [-0.3, -0.25) is 4.79 Å². The van der Waals surface area contributed by atoms with Crippen LogP contribution in [0.25, 0.3) is 0 Å². The van der Waals surface area contributed by atoms with E-state index >= 15 is 0 Å². The van der Waals surface area contributed by atoms with Gasteiger partial charge in [0.15, 0.2) is 0 Å². The normalized spacial score (nSPS) is 23.6. The van der Waals surface area contributed by atoms with Crippen molar-refractivity contribution in [2.45, 2.75) is 36.7 Å². The highest BCUT2D eigenvalue weighted by Crippen LogP contribution is 2.21. The maximum atomic E-state index is 12.6. The first-order chi connectivity index (χ1) is 12.5. The number of amides is 1. The first-order valence-electron chi connectivity index (χ1n) is 9.21. The quantitative estimate of drug-likeness (QED) is 0.626. The number of piperidine rings is 1. The van der Waals surface area contributed by atoms with E-state index in [-0.39, 0.29) is 35.5 Å². The standard InChI is InChI=1S/C18H27N3O4S.ClH/c22-17-13-19-11-15(17)12-20-18(23)10-14-4-6-16(7-5-14)26(24,25)21-8-2-1-3-9-21;/h4-7,15,17,19,22H,1-3,8-13H2,(H,20,23);1H. The molecule has 2 aliphatic heterocycles. The Balaban J connectivity index is 0.00000261. The number of rotatable bonds is 6. The number of hydrogen-bond donors (Lipinski definition) is 3. The van der Waals surface area contributed by atoms with Crippen molar-refractivity contribution in [1.29, 1.82) is 0 Å². The maximum Gasteiger partial charge on any atom is 0.243 e. The van der Waals surface area contributed by atoms with Gasteiger partial charge >= 0.3 is 0 Å². The SMILES string of the molecule is Cl.O=C(Cc1ccc(S(=O)(=O)N2CCCCC2)cc1)NCC1CNCC1O. The molecule has 2 saturated heterocycles. The van der Waals surface area contributed by atoms with Crippen molar-refractivity contribution >= 4 is 28.3 Å². The van der Waals surface area contributed by atoms with Crippen LogP contribution in [-0.2, 0) is 21.2 Å². The molecule has 1 amide bonds. The van der Waals surface area contributed by atoms with Gasteiger partial charge in [-0.1, -0.05) is 18.6 Å².